The fourth-order valence-corrected chi connectivity index (χ4v) is 3.90. The Bertz CT molecular complexity index is 975. The molecule has 0 saturated heterocycles. The van der Waals surface area contributed by atoms with Gasteiger partial charge in [-0.3, -0.25) is 14.0 Å². The molecule has 12 heteroatoms. The second-order valence-electron chi connectivity index (χ2n) is 4.92. The molecule has 0 fully saturated rings. The molecule has 3 rings (SSSR count). The van der Waals surface area contributed by atoms with Crippen molar-refractivity contribution in [3.05, 3.63) is 33.4 Å². The highest BCUT2D eigenvalue weighted by atomic mass is 35.5. The molecule has 0 aliphatic carbocycles. The standard InChI is InChI=1S/C14H11Cl2N5O3S2/c1-24-11(23)3-8-5-25-13(17-8)18-10(22)6-26-14-20-19-12-9(16)2-7(15)4-21(12)14/h2,4-5H,3,6H2,1H3,(H,17,18,22). The Labute approximate surface area is 165 Å². The SMILES string of the molecule is COC(=O)Cc1csc(NC(=O)CSc2nnc3c(Cl)cc(Cl)cn23)n1. The first-order chi connectivity index (χ1) is 12.5. The Hall–Kier alpha value is -1.88. The first-order valence-corrected chi connectivity index (χ1v) is 9.72. The minimum Gasteiger partial charge on any atom is -0.469 e. The number of nitrogens with zero attached hydrogens (tertiary/aromatic N) is 4. The lowest BCUT2D eigenvalue weighted by Gasteiger charge is -2.02. The van der Waals surface area contributed by atoms with Crippen LogP contribution in [0.3, 0.4) is 0 Å². The molecule has 0 bridgehead atoms. The molecular formula is C14H11Cl2N5O3S2. The van der Waals surface area contributed by atoms with Gasteiger partial charge in [0.25, 0.3) is 0 Å². The molecule has 3 heterocycles. The summed E-state index contributed by atoms with van der Waals surface area (Å²) in [5, 5.41) is 14.1. The van der Waals surface area contributed by atoms with Crippen LogP contribution >= 0.6 is 46.3 Å². The number of nitrogens with one attached hydrogen (secondary N) is 1. The predicted molar refractivity (Wildman–Crippen MR) is 100 cm³/mol. The van der Waals surface area contributed by atoms with Crippen molar-refractivity contribution in [1.82, 2.24) is 19.6 Å². The van der Waals surface area contributed by atoms with Gasteiger partial charge >= 0.3 is 5.97 Å². The molecule has 0 spiro atoms. The number of halogens is 2. The van der Waals surface area contributed by atoms with Crippen molar-refractivity contribution in [2.45, 2.75) is 11.6 Å². The van der Waals surface area contributed by atoms with Crippen LogP contribution in [0.2, 0.25) is 10.0 Å². The Morgan fingerprint density at radius 2 is 2.19 bits per heavy atom. The minimum absolute atomic E-state index is 0.0604. The fraction of sp³-hybridized carbons (Fsp3) is 0.214. The highest BCUT2D eigenvalue weighted by molar-refractivity contribution is 7.99. The van der Waals surface area contributed by atoms with E-state index >= 15 is 0 Å². The summed E-state index contributed by atoms with van der Waals surface area (Å²) in [6.45, 7) is 0. The van der Waals surface area contributed by atoms with Crippen molar-refractivity contribution >= 4 is 69.0 Å². The topological polar surface area (TPSA) is 98.5 Å². The van der Waals surface area contributed by atoms with Gasteiger partial charge in [0.15, 0.2) is 15.9 Å². The zero-order valence-corrected chi connectivity index (χ0v) is 16.4. The Morgan fingerprint density at radius 1 is 1.38 bits per heavy atom. The lowest BCUT2D eigenvalue weighted by Crippen LogP contribution is -2.14. The molecule has 3 aromatic rings. The summed E-state index contributed by atoms with van der Waals surface area (Å²) in [5.41, 5.74) is 1.00. The van der Waals surface area contributed by atoms with Crippen molar-refractivity contribution < 1.29 is 14.3 Å². The number of hydrogen-bond donors (Lipinski definition) is 1. The van der Waals surface area contributed by atoms with Gasteiger partial charge in [0.05, 0.1) is 35.0 Å². The molecule has 1 amide bonds. The van der Waals surface area contributed by atoms with Crippen molar-refractivity contribution in [3.63, 3.8) is 0 Å². The lowest BCUT2D eigenvalue weighted by molar-refractivity contribution is -0.139. The third kappa shape index (κ3) is 4.44. The molecule has 0 saturated carbocycles. The van der Waals surface area contributed by atoms with E-state index in [0.29, 0.717) is 31.7 Å². The number of esters is 1. The third-order valence-electron chi connectivity index (χ3n) is 3.08. The molecule has 0 radical (unpaired) electrons. The molecular weight excluding hydrogens is 421 g/mol. The number of carbonyl (C=O) groups is 2. The Morgan fingerprint density at radius 3 is 2.96 bits per heavy atom. The molecule has 1 N–H and O–H groups in total. The number of anilines is 1. The van der Waals surface area contributed by atoms with Crippen LogP contribution in [0.15, 0.2) is 22.8 Å². The summed E-state index contributed by atoms with van der Waals surface area (Å²) in [4.78, 5) is 27.5. The Balaban J connectivity index is 1.60. The van der Waals surface area contributed by atoms with Gasteiger partial charge in [-0.05, 0) is 6.07 Å². The summed E-state index contributed by atoms with van der Waals surface area (Å²) in [6.07, 6.45) is 1.69. The molecule has 26 heavy (non-hydrogen) atoms. The normalized spacial score (nSPS) is 10.9. The molecule has 0 aromatic carbocycles. The molecule has 3 aromatic heterocycles. The molecule has 0 aliphatic heterocycles. The molecule has 8 nitrogen and oxygen atoms in total. The van der Waals surface area contributed by atoms with Crippen molar-refractivity contribution in [1.29, 1.82) is 0 Å². The monoisotopic (exact) mass is 431 g/mol. The van der Waals surface area contributed by atoms with Crippen LogP contribution in [-0.4, -0.2) is 44.3 Å². The number of methoxy groups -OCH3 is 1. The average Bonchev–Trinajstić information content (AvgIpc) is 3.19. The molecule has 0 atom stereocenters. The van der Waals surface area contributed by atoms with Crippen LogP contribution in [-0.2, 0) is 20.7 Å². The smallest absolute Gasteiger partial charge is 0.311 e. The second kappa shape index (κ2) is 8.21. The molecule has 0 unspecified atom stereocenters. The minimum atomic E-state index is -0.389. The molecule has 0 aliphatic rings. The summed E-state index contributed by atoms with van der Waals surface area (Å²) >= 11 is 14.5. The number of aromatic nitrogens is 4. The third-order valence-corrected chi connectivity index (χ3v) is 5.31. The number of pyridine rings is 1. The van der Waals surface area contributed by atoms with Gasteiger partial charge < -0.3 is 10.1 Å². The van der Waals surface area contributed by atoms with Crippen molar-refractivity contribution in [2.75, 3.05) is 18.2 Å². The number of thioether (sulfide) groups is 1. The quantitative estimate of drug-likeness (QED) is 0.472. The van der Waals surface area contributed by atoms with E-state index in [-0.39, 0.29) is 24.1 Å². The number of ether oxygens (including phenoxy) is 1. The van der Waals surface area contributed by atoms with E-state index in [1.165, 1.54) is 30.2 Å². The maximum absolute atomic E-state index is 12.1. The largest absolute Gasteiger partial charge is 0.469 e. The Kier molecular flexibility index (Phi) is 5.97. The summed E-state index contributed by atoms with van der Waals surface area (Å²) in [5.74, 6) is -0.560. The van der Waals surface area contributed by atoms with E-state index in [4.69, 9.17) is 23.2 Å². The number of rotatable bonds is 6. The van der Waals surface area contributed by atoms with Gasteiger partial charge in [-0.25, -0.2) is 4.98 Å². The predicted octanol–water partition coefficient (Wildman–Crippen LogP) is 2.94. The maximum atomic E-state index is 12.1. The van der Waals surface area contributed by atoms with Crippen LogP contribution < -0.4 is 5.32 Å². The highest BCUT2D eigenvalue weighted by Crippen LogP contribution is 2.25. The van der Waals surface area contributed by atoms with Crippen molar-refractivity contribution in [3.8, 4) is 0 Å². The van der Waals surface area contributed by atoms with Gasteiger partial charge in [0, 0.05) is 11.6 Å². The second-order valence-corrected chi connectivity index (χ2v) is 7.56. The van der Waals surface area contributed by atoms with Gasteiger partial charge in [0.1, 0.15) is 0 Å². The van der Waals surface area contributed by atoms with E-state index < -0.39 is 0 Å². The average molecular weight is 432 g/mol. The van der Waals surface area contributed by atoms with Crippen molar-refractivity contribution in [2.24, 2.45) is 0 Å². The maximum Gasteiger partial charge on any atom is 0.311 e. The summed E-state index contributed by atoms with van der Waals surface area (Å²) in [7, 11) is 1.31. The first-order valence-electron chi connectivity index (χ1n) is 7.10. The lowest BCUT2D eigenvalue weighted by atomic mass is 10.3. The number of thiazole rings is 1. The van der Waals surface area contributed by atoms with Gasteiger partial charge in [-0.1, -0.05) is 35.0 Å². The van der Waals surface area contributed by atoms with Crippen LogP contribution in [0.25, 0.3) is 5.65 Å². The van der Waals surface area contributed by atoms with E-state index in [2.05, 4.69) is 25.2 Å². The zero-order valence-electron chi connectivity index (χ0n) is 13.2. The van der Waals surface area contributed by atoms with E-state index in [0.717, 1.165) is 0 Å². The van der Waals surface area contributed by atoms with Crippen LogP contribution in [0.1, 0.15) is 5.69 Å². The number of amides is 1. The first kappa shape index (κ1) is 18.9. The van der Waals surface area contributed by atoms with Crippen LogP contribution in [0.4, 0.5) is 5.13 Å². The van der Waals surface area contributed by atoms with Crippen LogP contribution in [0.5, 0.6) is 0 Å². The van der Waals surface area contributed by atoms with E-state index in [1.54, 1.807) is 22.0 Å². The summed E-state index contributed by atoms with van der Waals surface area (Å²) in [6, 6.07) is 1.57. The number of fused-ring (bicyclic) bond motifs is 1. The van der Waals surface area contributed by atoms with Gasteiger partial charge in [-0.2, -0.15) is 0 Å². The van der Waals surface area contributed by atoms with Gasteiger partial charge in [-0.15, -0.1) is 21.5 Å². The van der Waals surface area contributed by atoms with E-state index in [1.807, 2.05) is 0 Å². The highest BCUT2D eigenvalue weighted by Gasteiger charge is 2.14. The van der Waals surface area contributed by atoms with Gasteiger partial charge in [0.2, 0.25) is 5.91 Å². The summed E-state index contributed by atoms with van der Waals surface area (Å²) < 4.78 is 6.20. The zero-order chi connectivity index (χ0) is 18.7. The number of carbonyl (C=O) groups excluding carboxylic acids is 2. The van der Waals surface area contributed by atoms with E-state index in [9.17, 15) is 9.59 Å². The number of hydrogen-bond acceptors (Lipinski definition) is 8. The molecule has 136 valence electrons. The fourth-order valence-electron chi connectivity index (χ4n) is 1.95. The van der Waals surface area contributed by atoms with Crippen LogP contribution in [0, 0.1) is 0 Å².